The zero-order valence-electron chi connectivity index (χ0n) is 18.2. The number of carbonyl (C=O) groups is 1. The minimum absolute atomic E-state index is 0.137. The van der Waals surface area contributed by atoms with Gasteiger partial charge in [0.1, 0.15) is 0 Å². The molecule has 1 saturated heterocycles. The molecular weight excluding hydrogens is 374 g/mol. The van der Waals surface area contributed by atoms with Crippen molar-refractivity contribution in [3.8, 4) is 0 Å². The fraction of sp³-hybridized carbons (Fsp3) is 0.480. The van der Waals surface area contributed by atoms with Crippen LogP contribution >= 0.6 is 0 Å². The van der Waals surface area contributed by atoms with Gasteiger partial charge in [0.25, 0.3) is 0 Å². The summed E-state index contributed by atoms with van der Waals surface area (Å²) in [6.07, 6.45) is 4.07. The Bertz CT molecular complexity index is 774. The lowest BCUT2D eigenvalue weighted by molar-refractivity contribution is -0.0483. The smallest absolute Gasteiger partial charge is 0.319 e. The first kappa shape index (κ1) is 22.3. The Balaban J connectivity index is 1.45. The highest BCUT2D eigenvalue weighted by Gasteiger charge is 2.37. The average Bonchev–Trinajstić information content (AvgIpc) is 2.73. The predicted octanol–water partition coefficient (Wildman–Crippen LogP) is 4.29. The lowest BCUT2D eigenvalue weighted by atomic mass is 9.80. The van der Waals surface area contributed by atoms with Gasteiger partial charge in [0.2, 0.25) is 0 Å². The van der Waals surface area contributed by atoms with Crippen LogP contribution in [0.1, 0.15) is 38.7 Å². The van der Waals surface area contributed by atoms with Crippen LogP contribution in [0.5, 0.6) is 0 Å². The highest BCUT2D eigenvalue weighted by atomic mass is 16.3. The van der Waals surface area contributed by atoms with E-state index in [-0.39, 0.29) is 12.1 Å². The van der Waals surface area contributed by atoms with Crippen LogP contribution in [0.25, 0.3) is 0 Å². The molecule has 0 spiro atoms. The summed E-state index contributed by atoms with van der Waals surface area (Å²) in [5.41, 5.74) is 1.42. The third kappa shape index (κ3) is 6.85. The van der Waals surface area contributed by atoms with Gasteiger partial charge in [-0.1, -0.05) is 48.5 Å². The molecule has 3 rings (SSSR count). The first-order chi connectivity index (χ1) is 14.4. The number of nitrogens with zero attached hydrogens (tertiary/aromatic N) is 1. The normalized spacial score (nSPS) is 20.0. The lowest BCUT2D eigenvalue weighted by Gasteiger charge is -2.45. The molecule has 0 aromatic heterocycles. The topological polar surface area (TPSA) is 64.6 Å². The molecule has 2 aromatic rings. The van der Waals surface area contributed by atoms with Gasteiger partial charge in [0.15, 0.2) is 0 Å². The number of nitrogens with one attached hydrogen (secondary N) is 2. The molecule has 0 saturated carbocycles. The van der Waals surface area contributed by atoms with Crippen molar-refractivity contribution < 1.29 is 9.90 Å². The Labute approximate surface area is 180 Å². The van der Waals surface area contributed by atoms with Crippen molar-refractivity contribution in [2.24, 2.45) is 5.92 Å². The van der Waals surface area contributed by atoms with Crippen LogP contribution in [-0.2, 0) is 6.42 Å². The summed E-state index contributed by atoms with van der Waals surface area (Å²) in [5, 5.41) is 16.5. The van der Waals surface area contributed by atoms with Crippen LogP contribution in [0.4, 0.5) is 10.5 Å². The zero-order chi connectivity index (χ0) is 21.4. The van der Waals surface area contributed by atoms with E-state index in [1.54, 1.807) is 0 Å². The van der Waals surface area contributed by atoms with Gasteiger partial charge in [-0.3, -0.25) is 4.90 Å². The molecule has 162 valence electrons. The molecule has 0 aliphatic carbocycles. The number of likely N-dealkylation sites (tertiary alicyclic amines) is 1. The highest BCUT2D eigenvalue weighted by Crippen LogP contribution is 2.31. The molecule has 2 atom stereocenters. The summed E-state index contributed by atoms with van der Waals surface area (Å²) in [6, 6.07) is 20.0. The van der Waals surface area contributed by atoms with E-state index in [9.17, 15) is 9.90 Å². The van der Waals surface area contributed by atoms with Crippen molar-refractivity contribution in [1.82, 2.24) is 10.2 Å². The molecule has 1 aliphatic rings. The number of para-hydroxylation sites is 1. The number of hydrogen-bond donors (Lipinski definition) is 3. The second-order valence-corrected chi connectivity index (χ2v) is 8.89. The number of anilines is 1. The Morgan fingerprint density at radius 2 is 1.77 bits per heavy atom. The molecule has 3 N–H and O–H groups in total. The van der Waals surface area contributed by atoms with Crippen LogP contribution in [0, 0.1) is 5.92 Å². The average molecular weight is 410 g/mol. The van der Waals surface area contributed by atoms with Crippen LogP contribution in [0.15, 0.2) is 60.7 Å². The first-order valence-corrected chi connectivity index (χ1v) is 11.0. The number of rotatable bonds is 8. The Hall–Kier alpha value is -2.37. The molecule has 5 nitrogen and oxygen atoms in total. The van der Waals surface area contributed by atoms with Gasteiger partial charge < -0.3 is 15.7 Å². The van der Waals surface area contributed by atoms with E-state index in [1.165, 1.54) is 5.56 Å². The first-order valence-electron chi connectivity index (χ1n) is 11.0. The predicted molar refractivity (Wildman–Crippen MR) is 123 cm³/mol. The van der Waals surface area contributed by atoms with Gasteiger partial charge >= 0.3 is 6.03 Å². The maximum absolute atomic E-state index is 12.0. The minimum Gasteiger partial charge on any atom is -0.389 e. The number of benzene rings is 2. The van der Waals surface area contributed by atoms with Crippen molar-refractivity contribution in [2.75, 3.05) is 25.0 Å². The van der Waals surface area contributed by atoms with Crippen molar-refractivity contribution in [2.45, 2.75) is 51.2 Å². The molecule has 2 amide bonds. The molecule has 1 fully saturated rings. The highest BCUT2D eigenvalue weighted by molar-refractivity contribution is 5.89. The van der Waals surface area contributed by atoms with Crippen LogP contribution in [0.3, 0.4) is 0 Å². The van der Waals surface area contributed by atoms with E-state index >= 15 is 0 Å². The molecule has 2 unspecified atom stereocenters. The zero-order valence-corrected chi connectivity index (χ0v) is 18.2. The molecule has 0 bridgehead atoms. The van der Waals surface area contributed by atoms with Gasteiger partial charge in [-0.05, 0) is 69.7 Å². The SMILES string of the molecule is CC(C)(O)C1CC(Cc2ccccc2)CCN1CCCNC(=O)Nc1ccccc1. The van der Waals surface area contributed by atoms with Gasteiger partial charge in [-0.25, -0.2) is 4.79 Å². The minimum atomic E-state index is -0.743. The molecule has 2 aromatic carbocycles. The molecule has 1 heterocycles. The summed E-state index contributed by atoms with van der Waals surface area (Å²) < 4.78 is 0. The van der Waals surface area contributed by atoms with E-state index in [0.717, 1.165) is 44.5 Å². The second-order valence-electron chi connectivity index (χ2n) is 8.89. The summed E-state index contributed by atoms with van der Waals surface area (Å²) in [7, 11) is 0. The van der Waals surface area contributed by atoms with Crippen LogP contribution in [0.2, 0.25) is 0 Å². The van der Waals surface area contributed by atoms with E-state index < -0.39 is 5.60 Å². The Morgan fingerprint density at radius 3 is 2.43 bits per heavy atom. The quantitative estimate of drug-likeness (QED) is 0.570. The Kier molecular flexibility index (Phi) is 7.88. The van der Waals surface area contributed by atoms with Crippen molar-refractivity contribution >= 4 is 11.7 Å². The van der Waals surface area contributed by atoms with Gasteiger partial charge in [-0.2, -0.15) is 0 Å². The van der Waals surface area contributed by atoms with Gasteiger partial charge in [-0.15, -0.1) is 0 Å². The number of aliphatic hydroxyl groups is 1. The van der Waals surface area contributed by atoms with E-state index in [1.807, 2.05) is 44.2 Å². The monoisotopic (exact) mass is 409 g/mol. The molecule has 5 heteroatoms. The lowest BCUT2D eigenvalue weighted by Crippen LogP contribution is -2.54. The Morgan fingerprint density at radius 1 is 1.10 bits per heavy atom. The number of piperidine rings is 1. The standard InChI is InChI=1S/C25H35N3O2/c1-25(2,30)23-19-21(18-20-10-5-3-6-11-20)14-17-28(23)16-9-15-26-24(29)27-22-12-7-4-8-13-22/h3-8,10-13,21,23,30H,9,14-19H2,1-2H3,(H2,26,27,29). The number of amides is 2. The third-order valence-corrected chi connectivity index (χ3v) is 5.94. The van der Waals surface area contributed by atoms with Crippen LogP contribution < -0.4 is 10.6 Å². The fourth-order valence-electron chi connectivity index (χ4n) is 4.40. The van der Waals surface area contributed by atoms with Crippen molar-refractivity contribution in [1.29, 1.82) is 0 Å². The van der Waals surface area contributed by atoms with E-state index in [0.29, 0.717) is 12.5 Å². The molecular formula is C25H35N3O2. The molecule has 30 heavy (non-hydrogen) atoms. The number of urea groups is 1. The van der Waals surface area contributed by atoms with Crippen molar-refractivity contribution in [3.63, 3.8) is 0 Å². The summed E-state index contributed by atoms with van der Waals surface area (Å²) >= 11 is 0. The van der Waals surface area contributed by atoms with Gasteiger partial charge in [0, 0.05) is 24.8 Å². The number of carbonyl (C=O) groups excluding carboxylic acids is 1. The number of hydrogen-bond acceptors (Lipinski definition) is 3. The maximum atomic E-state index is 12.0. The summed E-state index contributed by atoms with van der Waals surface area (Å²) in [4.78, 5) is 14.4. The largest absolute Gasteiger partial charge is 0.389 e. The van der Waals surface area contributed by atoms with Crippen molar-refractivity contribution in [3.05, 3.63) is 66.2 Å². The summed E-state index contributed by atoms with van der Waals surface area (Å²) in [6.45, 7) is 6.31. The molecule has 1 aliphatic heterocycles. The fourth-order valence-corrected chi connectivity index (χ4v) is 4.40. The van der Waals surface area contributed by atoms with Gasteiger partial charge in [0.05, 0.1) is 5.60 Å². The maximum Gasteiger partial charge on any atom is 0.319 e. The summed E-state index contributed by atoms with van der Waals surface area (Å²) in [5.74, 6) is 0.592. The molecule has 0 radical (unpaired) electrons. The van der Waals surface area contributed by atoms with E-state index in [2.05, 4.69) is 45.9 Å². The second kappa shape index (κ2) is 10.6. The third-order valence-electron chi connectivity index (χ3n) is 5.94. The van der Waals surface area contributed by atoms with Crippen LogP contribution in [-0.4, -0.2) is 47.3 Å². The van der Waals surface area contributed by atoms with E-state index in [4.69, 9.17) is 0 Å².